The van der Waals surface area contributed by atoms with Gasteiger partial charge in [0, 0.05) is 5.02 Å². The van der Waals surface area contributed by atoms with Gasteiger partial charge in [0.05, 0.1) is 0 Å². The van der Waals surface area contributed by atoms with Crippen LogP contribution in [0.5, 0.6) is 0 Å². The second kappa shape index (κ2) is 4.37. The number of nitrogens with two attached hydrogens (primary N) is 1. The van der Waals surface area contributed by atoms with Crippen molar-refractivity contribution in [2.24, 2.45) is 5.73 Å². The van der Waals surface area contributed by atoms with Gasteiger partial charge >= 0.3 is 6.18 Å². The van der Waals surface area contributed by atoms with E-state index in [0.29, 0.717) is 0 Å². The van der Waals surface area contributed by atoms with E-state index in [2.05, 4.69) is 0 Å². The molecular weight excluding hydrogens is 234 g/mol. The van der Waals surface area contributed by atoms with Crippen LogP contribution in [0.3, 0.4) is 0 Å². The van der Waals surface area contributed by atoms with Crippen molar-refractivity contribution in [2.75, 3.05) is 0 Å². The lowest BCUT2D eigenvalue weighted by atomic mass is 10.1. The summed E-state index contributed by atoms with van der Waals surface area (Å²) in [6.45, 7) is 0. The highest BCUT2D eigenvalue weighted by Crippen LogP contribution is 2.23. The van der Waals surface area contributed by atoms with Crippen LogP contribution >= 0.6 is 11.6 Å². The van der Waals surface area contributed by atoms with Gasteiger partial charge in [-0.2, -0.15) is 13.2 Å². The molecule has 0 spiro atoms. The van der Waals surface area contributed by atoms with Crippen molar-refractivity contribution < 1.29 is 17.6 Å². The van der Waals surface area contributed by atoms with Gasteiger partial charge in [0.1, 0.15) is 11.9 Å². The number of alkyl halides is 3. The van der Waals surface area contributed by atoms with Gasteiger partial charge in [-0.1, -0.05) is 11.6 Å². The van der Waals surface area contributed by atoms with Crippen LogP contribution in [0.25, 0.3) is 0 Å². The average Bonchev–Trinajstić information content (AvgIpc) is 1.99. The Morgan fingerprint density at radius 1 is 1.27 bits per heavy atom. The van der Waals surface area contributed by atoms with Crippen molar-refractivity contribution in [3.8, 4) is 0 Å². The van der Waals surface area contributed by atoms with Gasteiger partial charge in [-0.25, -0.2) is 4.39 Å². The summed E-state index contributed by atoms with van der Waals surface area (Å²) in [5, 5.41) is 0.0550. The molecule has 0 heterocycles. The van der Waals surface area contributed by atoms with Gasteiger partial charge in [0.15, 0.2) is 0 Å². The summed E-state index contributed by atoms with van der Waals surface area (Å²) < 4.78 is 49.0. The van der Waals surface area contributed by atoms with Gasteiger partial charge in [0.25, 0.3) is 0 Å². The molecule has 1 atom stereocenters. The van der Waals surface area contributed by atoms with E-state index in [1.165, 1.54) is 6.07 Å². The SMILES string of the molecule is NC(Cc1cc(F)cc(Cl)c1)C(F)(F)F. The lowest BCUT2D eigenvalue weighted by molar-refractivity contribution is -0.147. The molecule has 15 heavy (non-hydrogen) atoms. The molecule has 0 bridgehead atoms. The minimum Gasteiger partial charge on any atom is -0.320 e. The Hall–Kier alpha value is -0.810. The van der Waals surface area contributed by atoms with E-state index in [-0.39, 0.29) is 10.6 Å². The third kappa shape index (κ3) is 3.68. The Kier molecular flexibility index (Phi) is 3.57. The Morgan fingerprint density at radius 3 is 2.33 bits per heavy atom. The van der Waals surface area contributed by atoms with Crippen LogP contribution in [-0.2, 0) is 6.42 Å². The number of hydrogen-bond acceptors (Lipinski definition) is 1. The fourth-order valence-electron chi connectivity index (χ4n) is 1.10. The van der Waals surface area contributed by atoms with Gasteiger partial charge in [-0.15, -0.1) is 0 Å². The van der Waals surface area contributed by atoms with Crippen molar-refractivity contribution in [2.45, 2.75) is 18.6 Å². The monoisotopic (exact) mass is 241 g/mol. The number of hydrogen-bond donors (Lipinski definition) is 1. The molecule has 0 aliphatic heterocycles. The zero-order valence-corrected chi connectivity index (χ0v) is 8.24. The predicted octanol–water partition coefficient (Wildman–Crippen LogP) is 2.91. The third-order valence-electron chi connectivity index (χ3n) is 1.80. The fraction of sp³-hybridized carbons (Fsp3) is 0.333. The van der Waals surface area contributed by atoms with Gasteiger partial charge in [-0.3, -0.25) is 0 Å². The van der Waals surface area contributed by atoms with Crippen LogP contribution in [0.1, 0.15) is 5.56 Å². The zero-order valence-electron chi connectivity index (χ0n) is 7.48. The number of benzene rings is 1. The molecule has 0 radical (unpaired) electrons. The summed E-state index contributed by atoms with van der Waals surface area (Å²) in [6.07, 6.45) is -4.97. The van der Waals surface area contributed by atoms with Gasteiger partial charge in [0.2, 0.25) is 0 Å². The van der Waals surface area contributed by atoms with Crippen molar-refractivity contribution in [1.82, 2.24) is 0 Å². The standard InChI is InChI=1S/C9H8ClF4N/c10-6-1-5(2-7(11)4-6)3-8(15)9(12,13)14/h1-2,4,8H,3,15H2. The van der Waals surface area contributed by atoms with Crippen LogP contribution in [0.4, 0.5) is 17.6 Å². The van der Waals surface area contributed by atoms with Crippen molar-refractivity contribution in [1.29, 1.82) is 0 Å². The molecule has 2 N–H and O–H groups in total. The minimum absolute atomic E-state index is 0.0550. The van der Waals surface area contributed by atoms with Crippen LogP contribution in [0.2, 0.25) is 5.02 Å². The molecule has 0 saturated carbocycles. The number of rotatable bonds is 2. The van der Waals surface area contributed by atoms with Crippen molar-refractivity contribution in [3.05, 3.63) is 34.6 Å². The molecule has 0 aromatic heterocycles. The summed E-state index contributed by atoms with van der Waals surface area (Å²) in [6, 6.07) is 1.26. The zero-order chi connectivity index (χ0) is 11.6. The van der Waals surface area contributed by atoms with Gasteiger partial charge < -0.3 is 5.73 Å². The van der Waals surface area contributed by atoms with Crippen molar-refractivity contribution >= 4 is 11.6 Å². The summed E-state index contributed by atoms with van der Waals surface area (Å²) in [5.41, 5.74) is 5.02. The smallest absolute Gasteiger partial charge is 0.320 e. The first-order chi connectivity index (χ1) is 6.79. The summed E-state index contributed by atoms with van der Waals surface area (Å²) in [7, 11) is 0. The van der Waals surface area contributed by atoms with Crippen LogP contribution in [0, 0.1) is 5.82 Å². The molecule has 0 aliphatic carbocycles. The van der Waals surface area contributed by atoms with Crippen LogP contribution < -0.4 is 5.73 Å². The molecule has 84 valence electrons. The minimum atomic E-state index is -4.49. The van der Waals surface area contributed by atoms with Crippen LogP contribution in [0.15, 0.2) is 18.2 Å². The molecule has 1 unspecified atom stereocenters. The first-order valence-electron chi connectivity index (χ1n) is 4.06. The van der Waals surface area contributed by atoms with E-state index in [9.17, 15) is 17.6 Å². The highest BCUT2D eigenvalue weighted by molar-refractivity contribution is 6.30. The normalized spacial score (nSPS) is 14.0. The summed E-state index contributed by atoms with van der Waals surface area (Å²) >= 11 is 5.49. The lowest BCUT2D eigenvalue weighted by Gasteiger charge is -2.15. The molecule has 0 saturated heterocycles. The predicted molar refractivity (Wildman–Crippen MR) is 49.1 cm³/mol. The quantitative estimate of drug-likeness (QED) is 0.792. The molecular formula is C9H8ClF4N. The van der Waals surface area contributed by atoms with E-state index in [4.69, 9.17) is 17.3 Å². The summed E-state index contributed by atoms with van der Waals surface area (Å²) in [4.78, 5) is 0. The molecule has 1 aromatic carbocycles. The fourth-order valence-corrected chi connectivity index (χ4v) is 1.34. The van der Waals surface area contributed by atoms with E-state index >= 15 is 0 Å². The molecule has 0 amide bonds. The second-order valence-corrected chi connectivity index (χ2v) is 3.57. The number of halogens is 5. The maximum Gasteiger partial charge on any atom is 0.403 e. The van der Waals surface area contributed by atoms with Crippen LogP contribution in [-0.4, -0.2) is 12.2 Å². The largest absolute Gasteiger partial charge is 0.403 e. The highest BCUT2D eigenvalue weighted by Gasteiger charge is 2.36. The molecule has 1 aromatic rings. The Bertz CT molecular complexity index is 330. The average molecular weight is 242 g/mol. The lowest BCUT2D eigenvalue weighted by Crippen LogP contribution is -2.39. The maximum absolute atomic E-state index is 12.8. The Labute approximate surface area is 88.8 Å². The van der Waals surface area contributed by atoms with E-state index in [1.54, 1.807) is 0 Å². The molecule has 1 nitrogen and oxygen atoms in total. The van der Waals surface area contributed by atoms with E-state index < -0.39 is 24.5 Å². The summed E-state index contributed by atoms with van der Waals surface area (Å²) in [5.74, 6) is -0.674. The maximum atomic E-state index is 12.8. The first-order valence-corrected chi connectivity index (χ1v) is 4.44. The third-order valence-corrected chi connectivity index (χ3v) is 2.02. The Balaban J connectivity index is 2.81. The second-order valence-electron chi connectivity index (χ2n) is 3.13. The van der Waals surface area contributed by atoms with Gasteiger partial charge in [-0.05, 0) is 30.2 Å². The van der Waals surface area contributed by atoms with Crippen molar-refractivity contribution in [3.63, 3.8) is 0 Å². The van der Waals surface area contributed by atoms with E-state index in [1.807, 2.05) is 0 Å². The molecule has 6 heteroatoms. The topological polar surface area (TPSA) is 26.0 Å². The first kappa shape index (κ1) is 12.3. The Morgan fingerprint density at radius 2 is 1.87 bits per heavy atom. The molecule has 0 aliphatic rings. The molecule has 0 fully saturated rings. The molecule has 1 rings (SSSR count). The highest BCUT2D eigenvalue weighted by atomic mass is 35.5. The van der Waals surface area contributed by atoms with E-state index in [0.717, 1.165) is 12.1 Å².